The molecule has 6 atom stereocenters. The summed E-state index contributed by atoms with van der Waals surface area (Å²) in [5.41, 5.74) is 6.36. The van der Waals surface area contributed by atoms with Gasteiger partial charge in [-0.05, 0) is 78.5 Å². The maximum Gasteiger partial charge on any atom is 0.315 e. The number of hydrogen-bond acceptors (Lipinski definition) is 6. The number of hydrogen-bond donors (Lipinski definition) is 5. The van der Waals surface area contributed by atoms with Crippen LogP contribution in [0.15, 0.2) is 86.0 Å². The number of allylic oxidation sites excluding steroid dienone is 1. The first-order valence-corrected chi connectivity index (χ1v) is 21.8. The second-order valence-corrected chi connectivity index (χ2v) is 16.7. The Morgan fingerprint density at radius 2 is 1.49 bits per heavy atom. The predicted octanol–water partition coefficient (Wildman–Crippen LogP) is 10.3. The Kier molecular flexibility index (Phi) is 25.7. The molecule has 0 radical (unpaired) electrons. The van der Waals surface area contributed by atoms with Crippen LogP contribution in [0.1, 0.15) is 126 Å². The first-order chi connectivity index (χ1) is 26.9. The second-order valence-electron chi connectivity index (χ2n) is 16.7. The average molecular weight is 791 g/mol. The van der Waals surface area contributed by atoms with E-state index in [0.717, 1.165) is 61.7 Å². The fraction of sp³-hybridized carbons (Fsp3) is 0.633. The molecule has 2 aliphatic carbocycles. The molecule has 0 aromatic heterocycles. The molecule has 1 saturated carbocycles. The van der Waals surface area contributed by atoms with Crippen LogP contribution in [0, 0.1) is 29.1 Å². The van der Waals surface area contributed by atoms with Crippen molar-refractivity contribution in [1.29, 1.82) is 0 Å². The van der Waals surface area contributed by atoms with Crippen LogP contribution in [0.5, 0.6) is 0 Å². The van der Waals surface area contributed by atoms with Gasteiger partial charge in [0.05, 0.1) is 23.8 Å². The fourth-order valence-corrected chi connectivity index (χ4v) is 6.99. The first-order valence-electron chi connectivity index (χ1n) is 21.8. The summed E-state index contributed by atoms with van der Waals surface area (Å²) in [7, 11) is 3.49. The Bertz CT molecular complexity index is 1390. The number of benzene rings is 1. The third kappa shape index (κ3) is 18.0. The molecule has 324 valence electrons. The molecular formula is C49H86N6O2. The molecule has 1 aromatic rings. The van der Waals surface area contributed by atoms with E-state index in [-0.39, 0.29) is 35.9 Å². The van der Waals surface area contributed by atoms with Crippen molar-refractivity contribution in [3.63, 3.8) is 0 Å². The van der Waals surface area contributed by atoms with Crippen molar-refractivity contribution in [1.82, 2.24) is 31.5 Å². The summed E-state index contributed by atoms with van der Waals surface area (Å²) in [6, 6.07) is 7.76. The van der Waals surface area contributed by atoms with Crippen LogP contribution in [0.25, 0.3) is 0 Å². The highest BCUT2D eigenvalue weighted by atomic mass is 16.2. The van der Waals surface area contributed by atoms with Gasteiger partial charge in [-0.25, -0.2) is 4.79 Å². The molecule has 0 bridgehead atoms. The normalized spacial score (nSPS) is 18.8. The van der Waals surface area contributed by atoms with Crippen molar-refractivity contribution in [2.75, 3.05) is 27.2 Å². The summed E-state index contributed by atoms with van der Waals surface area (Å²) in [5.74, 6) is 2.10. The zero-order valence-electron chi connectivity index (χ0n) is 38.8. The highest BCUT2D eigenvalue weighted by Gasteiger charge is 2.55. The number of amides is 2. The standard InChI is InChI=1S/C32H45N5O2.C8H18.C4H9N.C3H8.C2H6/c1-7-9-14-28(31(38)21(4)34-15-8-2)35-20(3)30-27-18-26(27)19-37(30)22(5)29(36-32(39)33-6)25-16-23-12-10-11-13-24(23)17-25;1-6-7(2)8(3,4)5;1-4(2)5-3;1-3-2;1-2/h8,10-13,25-30,34-35H,2-5,7,9,14-19H2,1,6H3,(H2,33,36,39);7H,6H2,1-5H3;5H,1H2,2-3H3;3H2,1-2H3;1-2H3/t26-,27-,28?,29?,30?;;;;/m0..../s1. The number of unbranched alkanes of at least 4 members (excludes halogenated alkanes) is 1. The Hall–Kier alpha value is -3.94. The number of rotatable bonds is 17. The van der Waals surface area contributed by atoms with Crippen molar-refractivity contribution >= 4 is 11.8 Å². The number of likely N-dealkylation sites (tertiary alicyclic amines) is 1. The third-order valence-electron chi connectivity index (χ3n) is 11.1. The van der Waals surface area contributed by atoms with Gasteiger partial charge in [0.2, 0.25) is 0 Å². The first kappa shape index (κ1) is 53.1. The minimum absolute atomic E-state index is 0.0339. The Morgan fingerprint density at radius 3 is 1.91 bits per heavy atom. The van der Waals surface area contributed by atoms with Crippen molar-refractivity contribution in [2.24, 2.45) is 29.1 Å². The molecule has 1 aliphatic heterocycles. The molecule has 2 amide bonds. The van der Waals surface area contributed by atoms with E-state index in [9.17, 15) is 9.59 Å². The zero-order valence-corrected chi connectivity index (χ0v) is 38.8. The number of carbonyl (C=O) groups is 2. The number of ketones is 1. The minimum atomic E-state index is -0.390. The molecule has 2 fully saturated rings. The SMILES string of the molecule is C=C(C)NC.C=CCNC(=C)C(=O)C(CCCC)NC(=C)C1[C@H]2C[C@H]2CN1C(=C)C(NC(=O)NC)C1Cc2ccccc2C1.CC.CCC.CCC(C)C(C)(C)C. The topological polar surface area (TPSA) is 97.5 Å². The van der Waals surface area contributed by atoms with Crippen LogP contribution >= 0.6 is 0 Å². The predicted molar refractivity (Wildman–Crippen MR) is 248 cm³/mol. The number of nitrogens with one attached hydrogen (secondary N) is 5. The molecule has 4 unspecified atom stereocenters. The van der Waals surface area contributed by atoms with Gasteiger partial charge in [-0.15, -0.1) is 6.58 Å². The molecular weight excluding hydrogens is 705 g/mol. The summed E-state index contributed by atoms with van der Waals surface area (Å²) in [4.78, 5) is 28.2. The van der Waals surface area contributed by atoms with Crippen molar-refractivity contribution in [2.45, 2.75) is 146 Å². The smallest absolute Gasteiger partial charge is 0.315 e. The van der Waals surface area contributed by atoms with Gasteiger partial charge in [0.15, 0.2) is 5.78 Å². The number of carbonyl (C=O) groups excluding carboxylic acids is 2. The van der Waals surface area contributed by atoms with Gasteiger partial charge in [-0.1, -0.05) is 152 Å². The van der Waals surface area contributed by atoms with Gasteiger partial charge in [-0.3, -0.25) is 4.79 Å². The summed E-state index contributed by atoms with van der Waals surface area (Å²) in [6.07, 6.45) is 9.86. The lowest BCUT2D eigenvalue weighted by atomic mass is 9.81. The number of piperidine rings is 1. The van der Waals surface area contributed by atoms with Crippen molar-refractivity contribution in [3.8, 4) is 0 Å². The summed E-state index contributed by atoms with van der Waals surface area (Å²) < 4.78 is 0. The second kappa shape index (κ2) is 27.7. The van der Waals surface area contributed by atoms with E-state index in [1.165, 1.54) is 24.0 Å². The van der Waals surface area contributed by atoms with Gasteiger partial charge in [0.1, 0.15) is 0 Å². The maximum absolute atomic E-state index is 13.3. The van der Waals surface area contributed by atoms with E-state index >= 15 is 0 Å². The van der Waals surface area contributed by atoms with Crippen LogP contribution < -0.4 is 26.6 Å². The van der Waals surface area contributed by atoms with Crippen LogP contribution in [0.2, 0.25) is 0 Å². The largest absolute Gasteiger partial charge is 0.392 e. The van der Waals surface area contributed by atoms with Crippen LogP contribution in [0.4, 0.5) is 4.79 Å². The van der Waals surface area contributed by atoms with Gasteiger partial charge in [-0.2, -0.15) is 0 Å². The monoisotopic (exact) mass is 791 g/mol. The average Bonchev–Trinajstić information content (AvgIpc) is 3.64. The number of nitrogens with zero attached hydrogens (tertiary/aromatic N) is 1. The lowest BCUT2D eigenvalue weighted by Crippen LogP contribution is -2.52. The molecule has 1 aromatic carbocycles. The highest BCUT2D eigenvalue weighted by Crippen LogP contribution is 2.53. The summed E-state index contributed by atoms with van der Waals surface area (Å²) in [6.45, 7) is 45.4. The van der Waals surface area contributed by atoms with Crippen molar-refractivity contribution < 1.29 is 9.59 Å². The molecule has 8 heteroatoms. The molecule has 3 aliphatic rings. The maximum atomic E-state index is 13.3. The zero-order chi connectivity index (χ0) is 43.9. The molecule has 5 N–H and O–H groups in total. The Balaban J connectivity index is 0.00000146. The minimum Gasteiger partial charge on any atom is -0.392 e. The lowest BCUT2D eigenvalue weighted by Gasteiger charge is -2.39. The van der Waals surface area contributed by atoms with Crippen LogP contribution in [0.3, 0.4) is 0 Å². The quantitative estimate of drug-likeness (QED) is 0.0797. The molecule has 1 heterocycles. The van der Waals surface area contributed by atoms with Gasteiger partial charge >= 0.3 is 6.03 Å². The van der Waals surface area contributed by atoms with Gasteiger partial charge in [0, 0.05) is 38.6 Å². The summed E-state index contributed by atoms with van der Waals surface area (Å²) >= 11 is 0. The van der Waals surface area contributed by atoms with Crippen molar-refractivity contribution in [3.05, 3.63) is 97.2 Å². The third-order valence-corrected chi connectivity index (χ3v) is 11.1. The molecule has 0 spiro atoms. The lowest BCUT2D eigenvalue weighted by molar-refractivity contribution is -0.117. The van der Waals surface area contributed by atoms with E-state index < -0.39 is 0 Å². The summed E-state index contributed by atoms with van der Waals surface area (Å²) in [5, 5.41) is 15.3. The van der Waals surface area contributed by atoms with Gasteiger partial charge < -0.3 is 31.5 Å². The molecule has 57 heavy (non-hydrogen) atoms. The van der Waals surface area contributed by atoms with Crippen LogP contribution in [-0.4, -0.2) is 62.0 Å². The molecule has 4 rings (SSSR count). The van der Waals surface area contributed by atoms with E-state index in [1.807, 2.05) is 27.8 Å². The Labute approximate surface area is 351 Å². The van der Waals surface area contributed by atoms with E-state index in [2.05, 4.69) is 144 Å². The number of urea groups is 1. The van der Waals surface area contributed by atoms with E-state index in [4.69, 9.17) is 0 Å². The van der Waals surface area contributed by atoms with E-state index in [0.29, 0.717) is 35.9 Å². The number of fused-ring (bicyclic) bond motifs is 2. The van der Waals surface area contributed by atoms with E-state index in [1.54, 1.807) is 13.1 Å². The Morgan fingerprint density at radius 1 is 0.947 bits per heavy atom. The molecule has 8 nitrogen and oxygen atoms in total. The highest BCUT2D eigenvalue weighted by molar-refractivity contribution is 5.98. The van der Waals surface area contributed by atoms with Gasteiger partial charge in [0.25, 0.3) is 0 Å². The number of Topliss-reactive ketones (excluding diaryl/α,β-unsaturated/α-hetero) is 1. The fourth-order valence-electron chi connectivity index (χ4n) is 6.99. The molecule has 1 saturated heterocycles. The van der Waals surface area contributed by atoms with Crippen LogP contribution in [-0.2, 0) is 17.6 Å².